The number of nitrogen functional groups attached to an aromatic ring is 1. The molecule has 0 saturated carbocycles. The zero-order valence-electron chi connectivity index (χ0n) is 13.0. The van der Waals surface area contributed by atoms with E-state index >= 15 is 0 Å². The number of imidazole rings is 1. The lowest BCUT2D eigenvalue weighted by atomic mass is 9.90. The Morgan fingerprint density at radius 2 is 1.72 bits per heavy atom. The maximum absolute atomic E-state index is 6.30. The summed E-state index contributed by atoms with van der Waals surface area (Å²) in [5.41, 5.74) is 7.58. The summed E-state index contributed by atoms with van der Waals surface area (Å²) in [7, 11) is 0. The van der Waals surface area contributed by atoms with E-state index in [1.165, 1.54) is 0 Å². The van der Waals surface area contributed by atoms with Gasteiger partial charge in [-0.15, -0.1) is 0 Å². The second kappa shape index (κ2) is 5.33. The van der Waals surface area contributed by atoms with E-state index in [0.29, 0.717) is 11.8 Å². The monoisotopic (exact) mass is 251 g/mol. The number of aromatic nitrogens is 2. The van der Waals surface area contributed by atoms with Crippen molar-refractivity contribution in [3.8, 4) is 0 Å². The van der Waals surface area contributed by atoms with Gasteiger partial charge < -0.3 is 10.3 Å². The van der Waals surface area contributed by atoms with Crippen LogP contribution in [0.4, 0.5) is 5.82 Å². The number of hydrogen-bond acceptors (Lipinski definition) is 2. The van der Waals surface area contributed by atoms with Crippen LogP contribution in [0.3, 0.4) is 0 Å². The van der Waals surface area contributed by atoms with Gasteiger partial charge in [0.1, 0.15) is 11.6 Å². The van der Waals surface area contributed by atoms with Gasteiger partial charge in [0, 0.05) is 12.5 Å². The Hall–Kier alpha value is -0.990. The third-order valence-corrected chi connectivity index (χ3v) is 2.87. The van der Waals surface area contributed by atoms with Crippen LogP contribution in [-0.2, 0) is 13.0 Å². The van der Waals surface area contributed by atoms with Crippen molar-refractivity contribution in [2.45, 2.75) is 67.3 Å². The van der Waals surface area contributed by atoms with Crippen molar-refractivity contribution in [1.82, 2.24) is 9.55 Å². The molecule has 0 radical (unpaired) electrons. The molecular formula is C15H29N3. The molecule has 1 rings (SSSR count). The average Bonchev–Trinajstić information content (AvgIpc) is 2.43. The first-order valence-corrected chi connectivity index (χ1v) is 6.96. The van der Waals surface area contributed by atoms with Crippen LogP contribution in [-0.4, -0.2) is 9.55 Å². The molecule has 3 nitrogen and oxygen atoms in total. The third-order valence-electron chi connectivity index (χ3n) is 2.87. The average molecular weight is 251 g/mol. The Labute approximate surface area is 112 Å². The largest absolute Gasteiger partial charge is 0.384 e. The molecule has 18 heavy (non-hydrogen) atoms. The molecule has 0 aliphatic heterocycles. The van der Waals surface area contributed by atoms with Crippen LogP contribution >= 0.6 is 0 Å². The highest BCUT2D eigenvalue weighted by Crippen LogP contribution is 2.28. The zero-order chi connectivity index (χ0) is 14.1. The van der Waals surface area contributed by atoms with Crippen molar-refractivity contribution in [3.63, 3.8) is 0 Å². The van der Waals surface area contributed by atoms with Gasteiger partial charge in [0.25, 0.3) is 0 Å². The molecule has 0 aromatic carbocycles. The van der Waals surface area contributed by atoms with Gasteiger partial charge in [0.15, 0.2) is 0 Å². The Morgan fingerprint density at radius 3 is 2.11 bits per heavy atom. The summed E-state index contributed by atoms with van der Waals surface area (Å²) < 4.78 is 2.20. The highest BCUT2D eigenvalue weighted by Gasteiger charge is 2.21. The van der Waals surface area contributed by atoms with Gasteiger partial charge in [-0.25, -0.2) is 4.98 Å². The standard InChI is InChI=1S/C15H29N3/c1-10(2)9-18-13(16)12(8-15(5,6)7)17-14(18)11(3)4/h10-11H,8-9,16H2,1-7H3. The predicted molar refractivity (Wildman–Crippen MR) is 78.7 cm³/mol. The van der Waals surface area contributed by atoms with E-state index in [-0.39, 0.29) is 5.41 Å². The minimum absolute atomic E-state index is 0.222. The lowest BCUT2D eigenvalue weighted by molar-refractivity contribution is 0.407. The van der Waals surface area contributed by atoms with Crippen LogP contribution in [0, 0.1) is 11.3 Å². The quantitative estimate of drug-likeness (QED) is 0.883. The Balaban J connectivity index is 3.15. The molecule has 104 valence electrons. The lowest BCUT2D eigenvalue weighted by Gasteiger charge is -2.17. The molecule has 0 bridgehead atoms. The molecule has 0 fully saturated rings. The third kappa shape index (κ3) is 3.76. The zero-order valence-corrected chi connectivity index (χ0v) is 13.0. The van der Waals surface area contributed by atoms with E-state index in [1.54, 1.807) is 0 Å². The lowest BCUT2D eigenvalue weighted by Crippen LogP contribution is -2.13. The van der Waals surface area contributed by atoms with E-state index in [0.717, 1.165) is 30.3 Å². The molecule has 0 atom stereocenters. The minimum Gasteiger partial charge on any atom is -0.384 e. The first-order valence-electron chi connectivity index (χ1n) is 6.96. The molecule has 0 aliphatic carbocycles. The van der Waals surface area contributed by atoms with Crippen LogP contribution in [0.2, 0.25) is 0 Å². The van der Waals surface area contributed by atoms with E-state index in [2.05, 4.69) is 53.0 Å². The number of anilines is 1. The summed E-state index contributed by atoms with van der Waals surface area (Å²) in [6.45, 7) is 16.4. The molecule has 1 aromatic heterocycles. The summed E-state index contributed by atoms with van der Waals surface area (Å²) in [5.74, 6) is 2.99. The number of nitrogens with two attached hydrogens (primary N) is 1. The number of nitrogens with zero attached hydrogens (tertiary/aromatic N) is 2. The Bertz CT molecular complexity index is 395. The van der Waals surface area contributed by atoms with Crippen molar-refractivity contribution < 1.29 is 0 Å². The molecule has 0 saturated heterocycles. The summed E-state index contributed by atoms with van der Waals surface area (Å²) in [4.78, 5) is 4.79. The van der Waals surface area contributed by atoms with Gasteiger partial charge in [0.05, 0.1) is 5.69 Å². The summed E-state index contributed by atoms with van der Waals surface area (Å²) in [6.07, 6.45) is 0.934. The molecule has 1 heterocycles. The normalized spacial score (nSPS) is 12.7. The predicted octanol–water partition coefficient (Wildman–Crippen LogP) is 3.83. The van der Waals surface area contributed by atoms with Gasteiger partial charge >= 0.3 is 0 Å². The fourth-order valence-electron chi connectivity index (χ4n) is 2.17. The van der Waals surface area contributed by atoms with Gasteiger partial charge in [-0.1, -0.05) is 48.5 Å². The molecule has 3 heteroatoms. The second-order valence-corrected chi connectivity index (χ2v) is 7.20. The van der Waals surface area contributed by atoms with Crippen LogP contribution in [0.25, 0.3) is 0 Å². The topological polar surface area (TPSA) is 43.8 Å². The van der Waals surface area contributed by atoms with Crippen LogP contribution in [0.1, 0.15) is 65.9 Å². The van der Waals surface area contributed by atoms with Gasteiger partial charge in [0.2, 0.25) is 0 Å². The molecular weight excluding hydrogens is 222 g/mol. The minimum atomic E-state index is 0.222. The van der Waals surface area contributed by atoms with Gasteiger partial charge in [-0.3, -0.25) is 0 Å². The Morgan fingerprint density at radius 1 is 1.17 bits per heavy atom. The van der Waals surface area contributed by atoms with Crippen molar-refractivity contribution in [2.24, 2.45) is 11.3 Å². The second-order valence-electron chi connectivity index (χ2n) is 7.20. The van der Waals surface area contributed by atoms with Crippen LogP contribution in [0.5, 0.6) is 0 Å². The fourth-order valence-corrected chi connectivity index (χ4v) is 2.17. The van der Waals surface area contributed by atoms with E-state index in [9.17, 15) is 0 Å². The highest BCUT2D eigenvalue weighted by molar-refractivity contribution is 5.39. The van der Waals surface area contributed by atoms with Crippen molar-refractivity contribution >= 4 is 5.82 Å². The first-order chi connectivity index (χ1) is 8.11. The molecule has 0 aliphatic rings. The molecule has 0 spiro atoms. The number of rotatable bonds is 4. The summed E-state index contributed by atoms with van der Waals surface area (Å²) in [6, 6.07) is 0. The molecule has 2 N–H and O–H groups in total. The smallest absolute Gasteiger partial charge is 0.126 e. The SMILES string of the molecule is CC(C)Cn1c(C(C)C)nc(CC(C)(C)C)c1N. The fraction of sp³-hybridized carbons (Fsp3) is 0.800. The Kier molecular flexibility index (Phi) is 4.46. The highest BCUT2D eigenvalue weighted by atomic mass is 15.1. The molecule has 1 aromatic rings. The van der Waals surface area contributed by atoms with Crippen molar-refractivity contribution in [2.75, 3.05) is 5.73 Å². The van der Waals surface area contributed by atoms with Crippen LogP contribution in [0.15, 0.2) is 0 Å². The number of hydrogen-bond donors (Lipinski definition) is 1. The van der Waals surface area contributed by atoms with E-state index in [1.807, 2.05) is 0 Å². The van der Waals surface area contributed by atoms with E-state index in [4.69, 9.17) is 10.7 Å². The van der Waals surface area contributed by atoms with Gasteiger partial charge in [-0.05, 0) is 17.8 Å². The maximum Gasteiger partial charge on any atom is 0.126 e. The summed E-state index contributed by atoms with van der Waals surface area (Å²) >= 11 is 0. The van der Waals surface area contributed by atoms with Gasteiger partial charge in [-0.2, -0.15) is 0 Å². The molecule has 0 unspecified atom stereocenters. The maximum atomic E-state index is 6.30. The van der Waals surface area contributed by atoms with E-state index < -0.39 is 0 Å². The molecule has 0 amide bonds. The van der Waals surface area contributed by atoms with Crippen molar-refractivity contribution in [1.29, 1.82) is 0 Å². The van der Waals surface area contributed by atoms with Crippen LogP contribution < -0.4 is 5.73 Å². The summed E-state index contributed by atoms with van der Waals surface area (Å²) in [5, 5.41) is 0. The van der Waals surface area contributed by atoms with Crippen molar-refractivity contribution in [3.05, 3.63) is 11.5 Å². The first kappa shape index (κ1) is 15.1.